The summed E-state index contributed by atoms with van der Waals surface area (Å²) in [5, 5.41) is 0. The Balaban J connectivity index is 1.94. The first kappa shape index (κ1) is 12.5. The minimum atomic E-state index is -0.135. The molecule has 3 rings (SSSR count). The summed E-state index contributed by atoms with van der Waals surface area (Å²) >= 11 is 11.0. The molecule has 94 valence electrons. The van der Waals surface area contributed by atoms with Gasteiger partial charge in [-0.05, 0) is 39.2 Å². The van der Waals surface area contributed by atoms with E-state index >= 15 is 0 Å². The maximum Gasteiger partial charge on any atom is 0.122 e. The average molecular weight is 345 g/mol. The van der Waals surface area contributed by atoms with E-state index in [4.69, 9.17) is 22.1 Å². The third-order valence-corrected chi connectivity index (χ3v) is 5.60. The summed E-state index contributed by atoms with van der Waals surface area (Å²) < 4.78 is 7.14. The second-order valence-corrected chi connectivity index (χ2v) is 6.75. The van der Waals surface area contributed by atoms with Crippen LogP contribution in [0.1, 0.15) is 22.0 Å². The molecule has 0 fully saturated rings. The summed E-state index contributed by atoms with van der Waals surface area (Å²) in [4.78, 5) is 1.06. The van der Waals surface area contributed by atoms with Crippen molar-refractivity contribution in [2.24, 2.45) is 5.73 Å². The molecule has 0 aliphatic carbocycles. The third kappa shape index (κ3) is 2.18. The molecule has 2 N–H and O–H groups in total. The molecule has 0 radical (unpaired) electrons. The highest BCUT2D eigenvalue weighted by Gasteiger charge is 2.18. The lowest BCUT2D eigenvalue weighted by Gasteiger charge is -2.11. The van der Waals surface area contributed by atoms with E-state index in [1.807, 2.05) is 18.2 Å². The Labute approximate surface area is 123 Å². The van der Waals surface area contributed by atoms with Gasteiger partial charge in [0.1, 0.15) is 10.1 Å². The topological polar surface area (TPSA) is 35.2 Å². The third-order valence-electron chi connectivity index (χ3n) is 3.04. The summed E-state index contributed by atoms with van der Waals surface area (Å²) in [6.45, 7) is 0.768. The summed E-state index contributed by atoms with van der Waals surface area (Å²) in [6, 6.07) is 8.01. The molecule has 0 bridgehead atoms. The predicted molar refractivity (Wildman–Crippen MR) is 78.7 cm³/mol. The van der Waals surface area contributed by atoms with E-state index in [-0.39, 0.29) is 6.04 Å². The largest absolute Gasteiger partial charge is 0.493 e. The molecule has 1 aromatic heterocycles. The van der Waals surface area contributed by atoms with Gasteiger partial charge in [-0.25, -0.2) is 0 Å². The van der Waals surface area contributed by atoms with Crippen LogP contribution in [0.5, 0.6) is 5.75 Å². The maximum atomic E-state index is 6.28. The van der Waals surface area contributed by atoms with Gasteiger partial charge < -0.3 is 10.5 Å². The number of hydrogen-bond donors (Lipinski definition) is 1. The summed E-state index contributed by atoms with van der Waals surface area (Å²) in [5.41, 5.74) is 8.62. The maximum absolute atomic E-state index is 6.28. The van der Waals surface area contributed by atoms with Crippen LogP contribution in [0.2, 0.25) is 4.34 Å². The van der Waals surface area contributed by atoms with Crippen molar-refractivity contribution >= 4 is 38.9 Å². The zero-order valence-electron chi connectivity index (χ0n) is 9.45. The van der Waals surface area contributed by atoms with Gasteiger partial charge in [-0.15, -0.1) is 11.3 Å². The van der Waals surface area contributed by atoms with Crippen LogP contribution in [-0.4, -0.2) is 6.61 Å². The Hall–Kier alpha value is -0.550. The number of halogens is 2. The summed E-state index contributed by atoms with van der Waals surface area (Å²) in [5.74, 6) is 0.983. The number of fused-ring (bicyclic) bond motifs is 1. The second-order valence-electron chi connectivity index (χ2n) is 4.21. The monoisotopic (exact) mass is 343 g/mol. The smallest absolute Gasteiger partial charge is 0.122 e. The van der Waals surface area contributed by atoms with Crippen molar-refractivity contribution in [3.63, 3.8) is 0 Å². The molecule has 0 spiro atoms. The molecule has 2 heterocycles. The molecule has 1 aliphatic rings. The number of ether oxygens (including phenoxy) is 1. The molecule has 1 aliphatic heterocycles. The Morgan fingerprint density at radius 2 is 2.22 bits per heavy atom. The van der Waals surface area contributed by atoms with Crippen LogP contribution in [0.4, 0.5) is 0 Å². The van der Waals surface area contributed by atoms with Crippen LogP contribution in [0.15, 0.2) is 28.7 Å². The van der Waals surface area contributed by atoms with Crippen molar-refractivity contribution in [3.05, 3.63) is 49.1 Å². The van der Waals surface area contributed by atoms with Gasteiger partial charge in [-0.2, -0.15) is 0 Å². The Morgan fingerprint density at radius 1 is 1.39 bits per heavy atom. The van der Waals surface area contributed by atoms with Gasteiger partial charge in [-0.1, -0.05) is 23.7 Å². The normalized spacial score (nSPS) is 15.3. The van der Waals surface area contributed by atoms with Gasteiger partial charge in [0.25, 0.3) is 0 Å². The lowest BCUT2D eigenvalue weighted by atomic mass is 10.0. The van der Waals surface area contributed by atoms with Crippen molar-refractivity contribution in [3.8, 4) is 5.75 Å². The molecule has 0 amide bonds. The van der Waals surface area contributed by atoms with Gasteiger partial charge in [0.05, 0.1) is 12.6 Å². The van der Waals surface area contributed by atoms with E-state index in [1.165, 1.54) is 16.9 Å². The zero-order chi connectivity index (χ0) is 12.7. The molecule has 5 heteroatoms. The molecule has 2 nitrogen and oxygen atoms in total. The van der Waals surface area contributed by atoms with Crippen LogP contribution in [0.25, 0.3) is 0 Å². The first-order chi connectivity index (χ1) is 8.65. The van der Waals surface area contributed by atoms with Crippen molar-refractivity contribution in [2.75, 3.05) is 6.61 Å². The van der Waals surface area contributed by atoms with Gasteiger partial charge >= 0.3 is 0 Å². The number of rotatable bonds is 2. The quantitative estimate of drug-likeness (QED) is 0.888. The van der Waals surface area contributed by atoms with Crippen LogP contribution in [0, 0.1) is 0 Å². The predicted octanol–water partition coefficient (Wildman–Crippen LogP) is 4.15. The molecule has 1 aromatic carbocycles. The molecule has 1 atom stereocenters. The molecule has 1 unspecified atom stereocenters. The molecular formula is C13H11BrClNOS. The number of nitrogens with two attached hydrogens (primary N) is 1. The Kier molecular flexibility index (Phi) is 3.36. The molecule has 0 saturated carbocycles. The lowest BCUT2D eigenvalue weighted by molar-refractivity contribution is 0.357. The van der Waals surface area contributed by atoms with Crippen molar-refractivity contribution < 1.29 is 4.74 Å². The highest BCUT2D eigenvalue weighted by atomic mass is 79.9. The van der Waals surface area contributed by atoms with Gasteiger partial charge in [0.2, 0.25) is 0 Å². The lowest BCUT2D eigenvalue weighted by Crippen LogP contribution is -2.10. The highest BCUT2D eigenvalue weighted by Crippen LogP contribution is 2.37. The van der Waals surface area contributed by atoms with E-state index in [0.29, 0.717) is 0 Å². The second kappa shape index (κ2) is 4.85. The molecule has 18 heavy (non-hydrogen) atoms. The Morgan fingerprint density at radius 3 is 2.94 bits per heavy atom. The van der Waals surface area contributed by atoms with Crippen molar-refractivity contribution in [1.29, 1.82) is 0 Å². The van der Waals surface area contributed by atoms with Crippen molar-refractivity contribution in [2.45, 2.75) is 12.5 Å². The number of benzene rings is 1. The zero-order valence-corrected chi connectivity index (χ0v) is 12.6. The van der Waals surface area contributed by atoms with E-state index in [0.717, 1.165) is 38.0 Å². The molecular weight excluding hydrogens is 334 g/mol. The van der Waals surface area contributed by atoms with E-state index in [1.54, 1.807) is 0 Å². The fourth-order valence-electron chi connectivity index (χ4n) is 2.08. The first-order valence-electron chi connectivity index (χ1n) is 5.61. The van der Waals surface area contributed by atoms with Crippen LogP contribution in [-0.2, 0) is 6.42 Å². The SMILES string of the molecule is NC(c1ccc2c(c1)CCO2)c1cc(Br)c(Cl)s1. The highest BCUT2D eigenvalue weighted by molar-refractivity contribution is 9.10. The van der Waals surface area contributed by atoms with Crippen LogP contribution < -0.4 is 10.5 Å². The number of thiophene rings is 1. The van der Waals surface area contributed by atoms with E-state index in [2.05, 4.69) is 22.0 Å². The van der Waals surface area contributed by atoms with E-state index in [9.17, 15) is 0 Å². The minimum absolute atomic E-state index is 0.135. The fraction of sp³-hybridized carbons (Fsp3) is 0.231. The molecule has 0 saturated heterocycles. The van der Waals surface area contributed by atoms with Crippen LogP contribution in [0.3, 0.4) is 0 Å². The van der Waals surface area contributed by atoms with Gasteiger partial charge in [-0.3, -0.25) is 0 Å². The molecule has 2 aromatic rings. The standard InChI is InChI=1S/C13H11BrClNOS/c14-9-6-11(18-13(9)15)12(16)8-1-2-10-7(5-8)3-4-17-10/h1-2,5-6,12H,3-4,16H2. The summed E-state index contributed by atoms with van der Waals surface area (Å²) in [7, 11) is 0. The van der Waals surface area contributed by atoms with Gasteiger partial charge in [0.15, 0.2) is 0 Å². The van der Waals surface area contributed by atoms with Crippen molar-refractivity contribution in [1.82, 2.24) is 0 Å². The van der Waals surface area contributed by atoms with Gasteiger partial charge in [0, 0.05) is 15.8 Å². The Bertz CT molecular complexity index is 579. The average Bonchev–Trinajstić information content (AvgIpc) is 2.95. The van der Waals surface area contributed by atoms with E-state index < -0.39 is 0 Å². The minimum Gasteiger partial charge on any atom is -0.493 e. The fourth-order valence-corrected chi connectivity index (χ4v) is 3.85. The van der Waals surface area contributed by atoms with Crippen LogP contribution >= 0.6 is 38.9 Å². The number of hydrogen-bond acceptors (Lipinski definition) is 3. The summed E-state index contributed by atoms with van der Waals surface area (Å²) in [6.07, 6.45) is 0.963. The first-order valence-corrected chi connectivity index (χ1v) is 7.60.